The first-order valence-corrected chi connectivity index (χ1v) is 11.0. The third-order valence-corrected chi connectivity index (χ3v) is 4.95. The number of alkyl halides is 3. The molecule has 0 saturated carbocycles. The number of hydrogen-bond acceptors (Lipinski definition) is 5. The smallest absolute Gasteiger partial charge is 0.457 e. The van der Waals surface area contributed by atoms with Gasteiger partial charge in [-0.25, -0.2) is 0 Å². The second-order valence-corrected chi connectivity index (χ2v) is 7.83. The molecule has 176 valence electrons. The van der Waals surface area contributed by atoms with Crippen LogP contribution in [0.1, 0.15) is 42.9 Å². The summed E-state index contributed by atoms with van der Waals surface area (Å²) in [7, 11) is 0. The topological polar surface area (TPSA) is 68.6 Å². The van der Waals surface area contributed by atoms with Gasteiger partial charge < -0.3 is 14.2 Å². The normalized spacial score (nSPS) is 12.8. The maximum absolute atomic E-state index is 13.0. The molecule has 0 heterocycles. The maximum atomic E-state index is 13.0. The molecule has 5 nitrogen and oxygen atoms in total. The molecule has 0 aliphatic heterocycles. The molecule has 2 atom stereocenters. The summed E-state index contributed by atoms with van der Waals surface area (Å²) in [5.74, 6) is -0.295. The molecule has 8 heteroatoms. The van der Waals surface area contributed by atoms with Gasteiger partial charge in [0.1, 0.15) is 23.3 Å². The summed E-state index contributed by atoms with van der Waals surface area (Å²) in [5, 5.41) is 9.67. The lowest BCUT2D eigenvalue weighted by Crippen LogP contribution is -2.19. The molecule has 0 aliphatic rings. The van der Waals surface area contributed by atoms with Gasteiger partial charge in [-0.15, -0.1) is 8.78 Å². The monoisotopic (exact) mass is 485 g/mol. The number of nitriles is 1. The van der Waals surface area contributed by atoms with Crippen molar-refractivity contribution < 1.29 is 27.8 Å². The van der Waals surface area contributed by atoms with E-state index in [1.807, 2.05) is 31.2 Å². The lowest BCUT2D eigenvalue weighted by Gasteiger charge is -2.19. The van der Waals surface area contributed by atoms with Crippen molar-refractivity contribution >= 4 is 17.6 Å². The van der Waals surface area contributed by atoms with Gasteiger partial charge in [0, 0.05) is 17.2 Å². The van der Waals surface area contributed by atoms with Gasteiger partial charge in [-0.2, -0.15) is 5.26 Å². The Bertz CT molecular complexity index is 1130. The van der Waals surface area contributed by atoms with E-state index in [1.165, 1.54) is 24.3 Å². The largest absolute Gasteiger partial charge is 0.487 e. The van der Waals surface area contributed by atoms with Crippen molar-refractivity contribution in [3.8, 4) is 23.3 Å². The fourth-order valence-corrected chi connectivity index (χ4v) is 3.43. The molecular formula is C26H22ClF2NO4. The molecule has 3 aromatic carbocycles. The molecule has 2 unspecified atom stereocenters. The van der Waals surface area contributed by atoms with Gasteiger partial charge >= 0.3 is 11.5 Å². The van der Waals surface area contributed by atoms with Crippen molar-refractivity contribution in [2.24, 2.45) is 0 Å². The van der Waals surface area contributed by atoms with Crippen molar-refractivity contribution in [2.75, 3.05) is 0 Å². The van der Waals surface area contributed by atoms with E-state index in [0.29, 0.717) is 35.5 Å². The number of hydrogen-bond donors (Lipinski definition) is 0. The fourth-order valence-electron chi connectivity index (χ4n) is 3.34. The number of ether oxygens (including phenoxy) is 3. The first kappa shape index (κ1) is 25.0. The van der Waals surface area contributed by atoms with Gasteiger partial charge in [0.2, 0.25) is 6.10 Å². The van der Waals surface area contributed by atoms with Crippen molar-refractivity contribution in [2.45, 2.75) is 37.4 Å². The van der Waals surface area contributed by atoms with Gasteiger partial charge in [-0.1, -0.05) is 55.8 Å². The number of esters is 1. The predicted molar refractivity (Wildman–Crippen MR) is 123 cm³/mol. The second kappa shape index (κ2) is 11.5. The molecule has 0 amide bonds. The third kappa shape index (κ3) is 7.19. The summed E-state index contributed by atoms with van der Waals surface area (Å²) in [6.45, 7) is 1.90. The molecular weight excluding hydrogens is 464 g/mol. The molecule has 0 radical (unpaired) electrons. The highest BCUT2D eigenvalue weighted by molar-refractivity contribution is 6.20. The van der Waals surface area contributed by atoms with Crippen molar-refractivity contribution in [3.05, 3.63) is 90.0 Å². The number of nitrogens with zero attached hydrogens (tertiary/aromatic N) is 1. The van der Waals surface area contributed by atoms with Crippen molar-refractivity contribution in [1.29, 1.82) is 5.26 Å². The zero-order chi connectivity index (χ0) is 24.6. The Balaban J connectivity index is 1.74. The summed E-state index contributed by atoms with van der Waals surface area (Å²) in [4.78, 5) is 13.0. The average Bonchev–Trinajstić information content (AvgIpc) is 2.81. The molecule has 0 spiro atoms. The Morgan fingerprint density at radius 2 is 1.65 bits per heavy atom. The van der Waals surface area contributed by atoms with Crippen LogP contribution in [0.15, 0.2) is 78.9 Å². The standard InChI is InChI=1S/C26H22ClF2NO4/c1-2-7-23(18-12-14-21(15-13-18)34-26(27,28)29)25(31)33-24(17-30)19-8-6-11-22(16-19)32-20-9-4-3-5-10-20/h3-6,8-16,23-24H,2,7H2,1H3. The highest BCUT2D eigenvalue weighted by Crippen LogP contribution is 2.31. The predicted octanol–water partition coefficient (Wildman–Crippen LogP) is 7.34. The number of carbonyl (C=O) groups is 1. The number of rotatable bonds is 10. The van der Waals surface area contributed by atoms with Gasteiger partial charge in [0.05, 0.1) is 5.92 Å². The number of para-hydroxylation sites is 1. The lowest BCUT2D eigenvalue weighted by molar-refractivity contribution is -0.149. The SMILES string of the molecule is CCCC(C(=O)OC(C#N)c1cccc(Oc2ccccc2)c1)c1ccc(OC(F)(F)Cl)cc1. The van der Waals surface area contributed by atoms with Gasteiger partial charge in [0.25, 0.3) is 0 Å². The average molecular weight is 486 g/mol. The molecule has 3 aromatic rings. The summed E-state index contributed by atoms with van der Waals surface area (Å²) in [6, 6.07) is 23.5. The van der Waals surface area contributed by atoms with Crippen molar-refractivity contribution in [1.82, 2.24) is 0 Å². The van der Waals surface area contributed by atoms with Crippen LogP contribution in [0, 0.1) is 11.3 Å². The van der Waals surface area contributed by atoms with E-state index in [2.05, 4.69) is 4.74 Å². The van der Waals surface area contributed by atoms with E-state index in [9.17, 15) is 18.8 Å². The Morgan fingerprint density at radius 3 is 2.26 bits per heavy atom. The minimum atomic E-state index is -3.83. The number of halogens is 3. The van der Waals surface area contributed by atoms with Crippen LogP contribution in [-0.4, -0.2) is 11.5 Å². The molecule has 0 N–H and O–H groups in total. The molecule has 0 saturated heterocycles. The van der Waals surface area contributed by atoms with E-state index < -0.39 is 23.6 Å². The van der Waals surface area contributed by atoms with Crippen LogP contribution in [0.2, 0.25) is 0 Å². The molecule has 0 fully saturated rings. The lowest BCUT2D eigenvalue weighted by atomic mass is 9.94. The molecule has 0 aromatic heterocycles. The van der Waals surface area contributed by atoms with E-state index in [0.717, 1.165) is 0 Å². The highest BCUT2D eigenvalue weighted by Gasteiger charge is 2.29. The quantitative estimate of drug-likeness (QED) is 0.222. The van der Waals surface area contributed by atoms with E-state index in [-0.39, 0.29) is 5.75 Å². The van der Waals surface area contributed by atoms with E-state index in [4.69, 9.17) is 21.1 Å². The van der Waals surface area contributed by atoms with Crippen LogP contribution >= 0.6 is 11.6 Å². The summed E-state index contributed by atoms with van der Waals surface area (Å²) in [6.07, 6.45) is -0.0428. The van der Waals surface area contributed by atoms with Gasteiger partial charge in [0.15, 0.2) is 0 Å². The Labute approximate surface area is 201 Å². The summed E-state index contributed by atoms with van der Waals surface area (Å²) in [5.41, 5.74) is -2.82. The van der Waals surface area contributed by atoms with Gasteiger partial charge in [-0.05, 0) is 48.4 Å². The Hall–Kier alpha value is -3.63. The molecule has 0 aliphatic carbocycles. The zero-order valence-corrected chi connectivity index (χ0v) is 19.0. The highest BCUT2D eigenvalue weighted by atomic mass is 35.5. The van der Waals surface area contributed by atoms with Crippen LogP contribution in [0.4, 0.5) is 8.78 Å². The maximum Gasteiger partial charge on any atom is 0.487 e. The molecule has 3 rings (SSSR count). The van der Waals surface area contributed by atoms with Crippen LogP contribution in [-0.2, 0) is 9.53 Å². The summed E-state index contributed by atoms with van der Waals surface area (Å²) >= 11 is 4.79. The Morgan fingerprint density at radius 1 is 0.971 bits per heavy atom. The first-order valence-electron chi connectivity index (χ1n) is 10.6. The first-order chi connectivity index (χ1) is 16.3. The number of benzene rings is 3. The third-order valence-electron chi connectivity index (χ3n) is 4.87. The van der Waals surface area contributed by atoms with E-state index >= 15 is 0 Å². The van der Waals surface area contributed by atoms with Gasteiger partial charge in [-0.3, -0.25) is 4.79 Å². The molecule has 0 bridgehead atoms. The number of carbonyl (C=O) groups excluding carboxylic acids is 1. The van der Waals surface area contributed by atoms with Crippen LogP contribution in [0.5, 0.6) is 17.2 Å². The minimum Gasteiger partial charge on any atom is -0.457 e. The van der Waals surface area contributed by atoms with Crippen LogP contribution < -0.4 is 9.47 Å². The second-order valence-electron chi connectivity index (χ2n) is 7.39. The van der Waals surface area contributed by atoms with Crippen LogP contribution in [0.25, 0.3) is 0 Å². The minimum absolute atomic E-state index is 0.141. The zero-order valence-electron chi connectivity index (χ0n) is 18.3. The van der Waals surface area contributed by atoms with Crippen molar-refractivity contribution in [3.63, 3.8) is 0 Å². The van der Waals surface area contributed by atoms with Crippen LogP contribution in [0.3, 0.4) is 0 Å². The Kier molecular flexibility index (Phi) is 8.44. The fraction of sp³-hybridized carbons (Fsp3) is 0.231. The van der Waals surface area contributed by atoms with E-state index in [1.54, 1.807) is 36.4 Å². The summed E-state index contributed by atoms with van der Waals surface area (Å²) < 4.78 is 41.3. The molecule has 34 heavy (non-hydrogen) atoms.